The first-order valence-electron chi connectivity index (χ1n) is 6.68. The zero-order valence-corrected chi connectivity index (χ0v) is 11.8. The van der Waals surface area contributed by atoms with Crippen molar-refractivity contribution in [1.29, 1.82) is 0 Å². The molecule has 2 aromatic rings. The molecule has 0 fully saturated rings. The number of benzene rings is 1. The largest absolute Gasteiger partial charge is 0.480 e. The highest BCUT2D eigenvalue weighted by molar-refractivity contribution is 5.99. The molecule has 0 spiro atoms. The maximum absolute atomic E-state index is 13.1. The molecule has 1 atom stereocenters. The molecule has 6 heteroatoms. The van der Waals surface area contributed by atoms with Crippen LogP contribution in [0.25, 0.3) is 10.9 Å². The van der Waals surface area contributed by atoms with Gasteiger partial charge in [-0.15, -0.1) is 0 Å². The van der Waals surface area contributed by atoms with Crippen LogP contribution in [-0.4, -0.2) is 28.0 Å². The number of carbonyl (C=O) groups excluding carboxylic acids is 1. The molecule has 0 unspecified atom stereocenters. The highest BCUT2D eigenvalue weighted by Gasteiger charge is 2.22. The number of hydrogen-bond donors (Lipinski definition) is 3. The van der Waals surface area contributed by atoms with Gasteiger partial charge in [0.05, 0.1) is 0 Å². The summed E-state index contributed by atoms with van der Waals surface area (Å²) >= 11 is 0. The van der Waals surface area contributed by atoms with Gasteiger partial charge in [-0.3, -0.25) is 4.79 Å². The number of carboxylic acids is 1. The molecular weight excluding hydrogens is 275 g/mol. The van der Waals surface area contributed by atoms with Crippen molar-refractivity contribution in [2.24, 2.45) is 5.92 Å². The normalized spacial score (nSPS) is 12.6. The van der Waals surface area contributed by atoms with E-state index < -0.39 is 23.7 Å². The van der Waals surface area contributed by atoms with Crippen LogP contribution >= 0.6 is 0 Å². The van der Waals surface area contributed by atoms with E-state index in [9.17, 15) is 14.0 Å². The van der Waals surface area contributed by atoms with E-state index in [2.05, 4.69) is 10.3 Å². The Bertz CT molecular complexity index is 679. The van der Waals surface area contributed by atoms with Crippen LogP contribution in [0, 0.1) is 11.7 Å². The molecule has 21 heavy (non-hydrogen) atoms. The quantitative estimate of drug-likeness (QED) is 0.792. The van der Waals surface area contributed by atoms with E-state index in [0.717, 1.165) is 0 Å². The lowest BCUT2D eigenvalue weighted by molar-refractivity contribution is -0.139. The van der Waals surface area contributed by atoms with Crippen LogP contribution in [0.3, 0.4) is 0 Å². The second-order valence-corrected chi connectivity index (χ2v) is 5.41. The van der Waals surface area contributed by atoms with Gasteiger partial charge in [-0.05, 0) is 36.6 Å². The minimum Gasteiger partial charge on any atom is -0.480 e. The number of aromatic nitrogens is 1. The molecule has 0 saturated heterocycles. The molecular formula is C15H17FN2O3. The Morgan fingerprint density at radius 3 is 2.67 bits per heavy atom. The van der Waals surface area contributed by atoms with E-state index in [1.165, 1.54) is 24.3 Å². The van der Waals surface area contributed by atoms with Gasteiger partial charge < -0.3 is 15.4 Å². The third kappa shape index (κ3) is 3.59. The average molecular weight is 292 g/mol. The zero-order valence-electron chi connectivity index (χ0n) is 11.8. The van der Waals surface area contributed by atoms with Gasteiger partial charge in [0.2, 0.25) is 0 Å². The first-order chi connectivity index (χ1) is 9.86. The Hall–Kier alpha value is -2.37. The fourth-order valence-electron chi connectivity index (χ4n) is 2.15. The number of carbonyl (C=O) groups is 2. The number of carboxylic acid groups (broad SMARTS) is 1. The molecule has 0 saturated carbocycles. The van der Waals surface area contributed by atoms with Gasteiger partial charge in [-0.2, -0.15) is 0 Å². The maximum Gasteiger partial charge on any atom is 0.326 e. The fourth-order valence-corrected chi connectivity index (χ4v) is 2.15. The van der Waals surface area contributed by atoms with E-state index in [4.69, 9.17) is 5.11 Å². The lowest BCUT2D eigenvalue weighted by Gasteiger charge is -2.15. The monoisotopic (exact) mass is 292 g/mol. The predicted molar refractivity (Wildman–Crippen MR) is 76.6 cm³/mol. The average Bonchev–Trinajstić information content (AvgIpc) is 2.80. The molecule has 0 aliphatic heterocycles. The highest BCUT2D eigenvalue weighted by atomic mass is 19.1. The van der Waals surface area contributed by atoms with E-state index in [-0.39, 0.29) is 11.6 Å². The van der Waals surface area contributed by atoms with Crippen molar-refractivity contribution in [2.45, 2.75) is 26.3 Å². The number of fused-ring (bicyclic) bond motifs is 1. The molecule has 1 aromatic heterocycles. The molecule has 1 aromatic carbocycles. The molecule has 1 heterocycles. The minimum atomic E-state index is -1.07. The van der Waals surface area contributed by atoms with Crippen molar-refractivity contribution < 1.29 is 19.1 Å². The number of hydrogen-bond acceptors (Lipinski definition) is 2. The number of amides is 1. The van der Waals surface area contributed by atoms with Crippen molar-refractivity contribution in [3.8, 4) is 0 Å². The molecule has 0 aliphatic rings. The van der Waals surface area contributed by atoms with Crippen molar-refractivity contribution in [1.82, 2.24) is 10.3 Å². The van der Waals surface area contributed by atoms with Crippen molar-refractivity contribution in [3.05, 3.63) is 35.8 Å². The lowest BCUT2D eigenvalue weighted by Crippen LogP contribution is -2.41. The topological polar surface area (TPSA) is 82.2 Å². The third-order valence-corrected chi connectivity index (χ3v) is 3.14. The zero-order chi connectivity index (χ0) is 15.6. The van der Waals surface area contributed by atoms with Gasteiger partial charge in [0, 0.05) is 10.9 Å². The SMILES string of the molecule is CC(C)C[C@@H](NC(=O)c1cc2cc(F)ccc2[nH]1)C(=O)O. The van der Waals surface area contributed by atoms with Gasteiger partial charge in [-0.25, -0.2) is 9.18 Å². The van der Waals surface area contributed by atoms with E-state index >= 15 is 0 Å². The molecule has 5 nitrogen and oxygen atoms in total. The summed E-state index contributed by atoms with van der Waals surface area (Å²) in [5.74, 6) is -1.83. The first-order valence-corrected chi connectivity index (χ1v) is 6.68. The number of nitrogens with one attached hydrogen (secondary N) is 2. The van der Waals surface area contributed by atoms with Crippen molar-refractivity contribution in [3.63, 3.8) is 0 Å². The number of rotatable bonds is 5. The Morgan fingerprint density at radius 2 is 2.05 bits per heavy atom. The molecule has 0 aliphatic carbocycles. The van der Waals surface area contributed by atoms with Gasteiger partial charge in [0.25, 0.3) is 5.91 Å². The first kappa shape index (κ1) is 15.0. The third-order valence-electron chi connectivity index (χ3n) is 3.14. The lowest BCUT2D eigenvalue weighted by atomic mass is 10.0. The van der Waals surface area contributed by atoms with Crippen molar-refractivity contribution in [2.75, 3.05) is 0 Å². The molecule has 0 radical (unpaired) electrons. The summed E-state index contributed by atoms with van der Waals surface area (Å²) in [6.45, 7) is 3.77. The van der Waals surface area contributed by atoms with Crippen LogP contribution in [0.5, 0.6) is 0 Å². The smallest absolute Gasteiger partial charge is 0.326 e. The second-order valence-electron chi connectivity index (χ2n) is 5.41. The van der Waals surface area contributed by atoms with Crippen LogP contribution in [0.2, 0.25) is 0 Å². The fraction of sp³-hybridized carbons (Fsp3) is 0.333. The second kappa shape index (κ2) is 5.95. The Morgan fingerprint density at radius 1 is 1.33 bits per heavy atom. The van der Waals surface area contributed by atoms with Crippen LogP contribution in [0.1, 0.15) is 30.8 Å². The summed E-state index contributed by atoms with van der Waals surface area (Å²) in [7, 11) is 0. The van der Waals surface area contributed by atoms with Gasteiger partial charge in [0.1, 0.15) is 17.6 Å². The highest BCUT2D eigenvalue weighted by Crippen LogP contribution is 2.17. The van der Waals surface area contributed by atoms with Crippen LogP contribution in [-0.2, 0) is 4.79 Å². The number of aromatic amines is 1. The summed E-state index contributed by atoms with van der Waals surface area (Å²) in [6, 6.07) is 4.69. The molecule has 2 rings (SSSR count). The molecule has 0 bridgehead atoms. The molecule has 3 N–H and O–H groups in total. The summed E-state index contributed by atoms with van der Waals surface area (Å²) < 4.78 is 13.1. The Kier molecular flexibility index (Phi) is 4.26. The molecule has 112 valence electrons. The summed E-state index contributed by atoms with van der Waals surface area (Å²) in [5, 5.41) is 12.2. The number of halogens is 1. The van der Waals surface area contributed by atoms with Crippen LogP contribution in [0.15, 0.2) is 24.3 Å². The van der Waals surface area contributed by atoms with Crippen molar-refractivity contribution >= 4 is 22.8 Å². The predicted octanol–water partition coefficient (Wildman–Crippen LogP) is 2.54. The van der Waals surface area contributed by atoms with E-state index in [0.29, 0.717) is 17.3 Å². The number of aliphatic carboxylic acids is 1. The van der Waals surface area contributed by atoms with E-state index in [1.807, 2.05) is 13.8 Å². The van der Waals surface area contributed by atoms with Crippen LogP contribution in [0.4, 0.5) is 4.39 Å². The number of H-pyrrole nitrogens is 1. The molecule has 1 amide bonds. The van der Waals surface area contributed by atoms with Gasteiger partial charge in [-0.1, -0.05) is 13.8 Å². The Labute approximate surface area is 121 Å². The van der Waals surface area contributed by atoms with E-state index in [1.54, 1.807) is 0 Å². The summed E-state index contributed by atoms with van der Waals surface area (Å²) in [4.78, 5) is 26.1. The Balaban J connectivity index is 2.19. The minimum absolute atomic E-state index is 0.142. The maximum atomic E-state index is 13.1. The van der Waals surface area contributed by atoms with Gasteiger partial charge >= 0.3 is 5.97 Å². The van der Waals surface area contributed by atoms with Crippen LogP contribution < -0.4 is 5.32 Å². The summed E-state index contributed by atoms with van der Waals surface area (Å²) in [6.07, 6.45) is 0.343. The summed E-state index contributed by atoms with van der Waals surface area (Å²) in [5.41, 5.74) is 0.836. The van der Waals surface area contributed by atoms with Gasteiger partial charge in [0.15, 0.2) is 0 Å². The standard InChI is InChI=1S/C15H17FN2O3/c1-8(2)5-13(15(20)21)18-14(19)12-7-9-6-10(16)3-4-11(9)17-12/h3-4,6-8,13,17H,5H2,1-2H3,(H,18,19)(H,20,21)/t13-/m1/s1.